The Balaban J connectivity index is 1.89. The molecule has 0 bridgehead atoms. The van der Waals surface area contributed by atoms with E-state index in [0.29, 0.717) is 11.4 Å². The van der Waals surface area contributed by atoms with Crippen LogP contribution in [-0.2, 0) is 0 Å². The Hall–Kier alpha value is -2.14. The molecule has 2 heterocycles. The minimum absolute atomic E-state index is 0.273. The fourth-order valence-corrected chi connectivity index (χ4v) is 2.38. The van der Waals surface area contributed by atoms with Gasteiger partial charge >= 0.3 is 0 Å². The number of aromatic nitrogens is 1. The molecule has 0 atom stereocenters. The second-order valence-corrected chi connectivity index (χ2v) is 5.34. The van der Waals surface area contributed by atoms with E-state index in [1.807, 2.05) is 37.3 Å². The number of nitrogens with one attached hydrogen (secondary N) is 1. The number of hydrogen-bond donors (Lipinski definition) is 1. The number of benzene rings is 1. The highest BCUT2D eigenvalue weighted by molar-refractivity contribution is 9.10. The summed E-state index contributed by atoms with van der Waals surface area (Å²) in [5.74, 6) is 0.494. The lowest BCUT2D eigenvalue weighted by molar-refractivity contribution is 0.0998. The van der Waals surface area contributed by atoms with Crippen molar-refractivity contribution in [1.29, 1.82) is 0 Å². The first kappa shape index (κ1) is 12.9. The number of aryl methyl sites for hydroxylation is 1. The predicted octanol–water partition coefficient (Wildman–Crippen LogP) is 4.15. The molecule has 3 aromatic rings. The molecule has 3 rings (SSSR count). The van der Waals surface area contributed by atoms with Gasteiger partial charge in [-0.2, -0.15) is 0 Å². The lowest BCUT2D eigenvalue weighted by Crippen LogP contribution is -2.13. The summed E-state index contributed by atoms with van der Waals surface area (Å²) in [5.41, 5.74) is 1.57. The first-order valence-corrected chi connectivity index (χ1v) is 6.85. The molecule has 4 nitrogen and oxygen atoms in total. The van der Waals surface area contributed by atoms with E-state index in [9.17, 15) is 4.79 Å². The Bertz CT molecular complexity index is 762. The van der Waals surface area contributed by atoms with Crippen molar-refractivity contribution in [1.82, 2.24) is 4.98 Å². The number of carbonyl (C=O) groups excluding carboxylic acids is 1. The van der Waals surface area contributed by atoms with E-state index in [2.05, 4.69) is 26.2 Å². The van der Waals surface area contributed by atoms with E-state index in [1.54, 1.807) is 12.3 Å². The normalized spacial score (nSPS) is 10.7. The molecule has 5 heteroatoms. The SMILES string of the molecule is Cc1cc(Br)cnc1NC(=O)c1cc2ccccc2o1. The van der Waals surface area contributed by atoms with Gasteiger partial charge in [-0.05, 0) is 46.6 Å². The molecule has 0 aliphatic heterocycles. The Morgan fingerprint density at radius 2 is 2.10 bits per heavy atom. The van der Waals surface area contributed by atoms with Crippen molar-refractivity contribution in [2.45, 2.75) is 6.92 Å². The number of hydrogen-bond acceptors (Lipinski definition) is 3. The summed E-state index contributed by atoms with van der Waals surface area (Å²) in [7, 11) is 0. The predicted molar refractivity (Wildman–Crippen MR) is 80.8 cm³/mol. The minimum Gasteiger partial charge on any atom is -0.451 e. The average molecular weight is 331 g/mol. The van der Waals surface area contributed by atoms with Gasteiger partial charge in [-0.15, -0.1) is 0 Å². The van der Waals surface area contributed by atoms with Gasteiger partial charge in [-0.25, -0.2) is 4.98 Å². The first-order chi connectivity index (χ1) is 9.63. The molecule has 0 saturated heterocycles. The average Bonchev–Trinajstić information content (AvgIpc) is 2.86. The second kappa shape index (κ2) is 5.09. The van der Waals surface area contributed by atoms with Crippen molar-refractivity contribution in [3.8, 4) is 0 Å². The Labute approximate surface area is 123 Å². The van der Waals surface area contributed by atoms with Gasteiger partial charge in [0.25, 0.3) is 5.91 Å². The van der Waals surface area contributed by atoms with Crippen LogP contribution in [0.25, 0.3) is 11.0 Å². The lowest BCUT2D eigenvalue weighted by Gasteiger charge is -2.05. The largest absolute Gasteiger partial charge is 0.451 e. The van der Waals surface area contributed by atoms with Crippen LogP contribution in [-0.4, -0.2) is 10.9 Å². The van der Waals surface area contributed by atoms with Crippen molar-refractivity contribution in [3.63, 3.8) is 0 Å². The number of nitrogens with zero attached hydrogens (tertiary/aromatic N) is 1. The zero-order valence-corrected chi connectivity index (χ0v) is 12.3. The van der Waals surface area contributed by atoms with E-state index in [1.165, 1.54) is 0 Å². The number of amides is 1. The zero-order valence-electron chi connectivity index (χ0n) is 10.7. The standard InChI is InChI=1S/C15H11BrN2O2/c1-9-6-11(16)8-17-14(9)18-15(19)13-7-10-4-2-3-5-12(10)20-13/h2-8H,1H3,(H,17,18,19). The number of anilines is 1. The Morgan fingerprint density at radius 3 is 2.85 bits per heavy atom. The van der Waals surface area contributed by atoms with Crippen LogP contribution in [0.3, 0.4) is 0 Å². The number of furan rings is 1. The lowest BCUT2D eigenvalue weighted by atomic mass is 10.2. The van der Waals surface area contributed by atoms with Crippen LogP contribution in [0.4, 0.5) is 5.82 Å². The molecule has 2 aromatic heterocycles. The molecule has 0 unspecified atom stereocenters. The number of fused-ring (bicyclic) bond motifs is 1. The van der Waals surface area contributed by atoms with Gasteiger partial charge in [0.05, 0.1) is 0 Å². The topological polar surface area (TPSA) is 55.1 Å². The monoisotopic (exact) mass is 330 g/mol. The van der Waals surface area contributed by atoms with Gasteiger partial charge in [0, 0.05) is 16.1 Å². The first-order valence-electron chi connectivity index (χ1n) is 6.05. The quantitative estimate of drug-likeness (QED) is 0.767. The minimum atomic E-state index is -0.306. The van der Waals surface area contributed by atoms with Crippen LogP contribution in [0.2, 0.25) is 0 Å². The molecular weight excluding hydrogens is 320 g/mol. The molecule has 0 aliphatic carbocycles. The third-order valence-corrected chi connectivity index (χ3v) is 3.36. The smallest absolute Gasteiger partial charge is 0.292 e. The summed E-state index contributed by atoms with van der Waals surface area (Å²) >= 11 is 3.34. The summed E-state index contributed by atoms with van der Waals surface area (Å²) < 4.78 is 6.39. The highest BCUT2D eigenvalue weighted by Crippen LogP contribution is 2.21. The van der Waals surface area contributed by atoms with Gasteiger partial charge in [-0.1, -0.05) is 18.2 Å². The van der Waals surface area contributed by atoms with E-state index in [-0.39, 0.29) is 11.7 Å². The fraction of sp³-hybridized carbons (Fsp3) is 0.0667. The van der Waals surface area contributed by atoms with Gasteiger partial charge in [0.2, 0.25) is 0 Å². The maximum absolute atomic E-state index is 12.2. The number of halogens is 1. The maximum atomic E-state index is 12.2. The number of carbonyl (C=O) groups is 1. The van der Waals surface area contributed by atoms with Crippen molar-refractivity contribution in [2.75, 3.05) is 5.32 Å². The van der Waals surface area contributed by atoms with Crippen LogP contribution < -0.4 is 5.32 Å². The number of para-hydroxylation sites is 1. The molecule has 1 amide bonds. The maximum Gasteiger partial charge on any atom is 0.292 e. The molecule has 0 saturated carbocycles. The highest BCUT2D eigenvalue weighted by Gasteiger charge is 2.13. The van der Waals surface area contributed by atoms with Crippen LogP contribution in [0.15, 0.2) is 51.5 Å². The van der Waals surface area contributed by atoms with E-state index >= 15 is 0 Å². The molecule has 0 fully saturated rings. The molecule has 1 aromatic carbocycles. The molecule has 20 heavy (non-hydrogen) atoms. The summed E-state index contributed by atoms with van der Waals surface area (Å²) in [4.78, 5) is 16.3. The van der Waals surface area contributed by atoms with E-state index in [4.69, 9.17) is 4.42 Å². The van der Waals surface area contributed by atoms with Crippen molar-refractivity contribution in [3.05, 3.63) is 58.4 Å². The number of rotatable bonds is 2. The highest BCUT2D eigenvalue weighted by atomic mass is 79.9. The Kier molecular flexibility index (Phi) is 3.28. The van der Waals surface area contributed by atoms with Crippen LogP contribution in [0, 0.1) is 6.92 Å². The molecule has 0 radical (unpaired) electrons. The Morgan fingerprint density at radius 1 is 1.30 bits per heavy atom. The van der Waals surface area contributed by atoms with E-state index < -0.39 is 0 Å². The summed E-state index contributed by atoms with van der Waals surface area (Å²) in [6.45, 7) is 1.88. The van der Waals surface area contributed by atoms with Crippen LogP contribution >= 0.6 is 15.9 Å². The molecule has 0 spiro atoms. The summed E-state index contributed by atoms with van der Waals surface area (Å²) in [6.07, 6.45) is 1.64. The number of pyridine rings is 1. The van der Waals surface area contributed by atoms with Gasteiger partial charge in [0.15, 0.2) is 5.76 Å². The van der Waals surface area contributed by atoms with Gasteiger partial charge < -0.3 is 9.73 Å². The fourth-order valence-electron chi connectivity index (χ4n) is 1.93. The van der Waals surface area contributed by atoms with Gasteiger partial charge in [0.1, 0.15) is 11.4 Å². The van der Waals surface area contributed by atoms with Crippen molar-refractivity contribution in [2.24, 2.45) is 0 Å². The summed E-state index contributed by atoms with van der Waals surface area (Å²) in [6, 6.07) is 11.1. The van der Waals surface area contributed by atoms with Crippen molar-refractivity contribution >= 4 is 38.6 Å². The van der Waals surface area contributed by atoms with Crippen LogP contribution in [0.1, 0.15) is 16.1 Å². The molecule has 0 aliphatic rings. The molecule has 100 valence electrons. The zero-order chi connectivity index (χ0) is 14.1. The van der Waals surface area contributed by atoms with Gasteiger partial charge in [-0.3, -0.25) is 4.79 Å². The third kappa shape index (κ3) is 2.44. The summed E-state index contributed by atoms with van der Waals surface area (Å²) in [5, 5.41) is 3.65. The third-order valence-electron chi connectivity index (χ3n) is 2.93. The molecule has 1 N–H and O–H groups in total. The van der Waals surface area contributed by atoms with Crippen LogP contribution in [0.5, 0.6) is 0 Å². The molecular formula is C15H11BrN2O2. The second-order valence-electron chi connectivity index (χ2n) is 4.42. The van der Waals surface area contributed by atoms with E-state index in [0.717, 1.165) is 15.4 Å². The van der Waals surface area contributed by atoms with Crippen molar-refractivity contribution < 1.29 is 9.21 Å².